The minimum Gasteiger partial charge on any atom is -0.453 e. The molecule has 0 radical (unpaired) electrons. The second kappa shape index (κ2) is 3.85. The van der Waals surface area contributed by atoms with E-state index in [4.69, 9.17) is 0 Å². The molecule has 1 aliphatic carbocycles. The SMILES string of the molecule is COC(=O)NC1(c2cccc(Br)c2)CC1. The molecule has 1 aromatic rings. The number of amides is 1. The van der Waals surface area contributed by atoms with Gasteiger partial charge in [-0.15, -0.1) is 0 Å². The van der Waals surface area contributed by atoms with Crippen LogP contribution in [-0.2, 0) is 10.3 Å². The molecule has 1 N–H and O–H groups in total. The van der Waals surface area contributed by atoms with Crippen LogP contribution < -0.4 is 5.32 Å². The molecule has 0 spiro atoms. The average molecular weight is 270 g/mol. The zero-order valence-corrected chi connectivity index (χ0v) is 10.0. The molecule has 0 unspecified atom stereocenters. The lowest BCUT2D eigenvalue weighted by Gasteiger charge is -2.17. The molecule has 80 valence electrons. The summed E-state index contributed by atoms with van der Waals surface area (Å²) in [7, 11) is 1.38. The van der Waals surface area contributed by atoms with Crippen molar-refractivity contribution in [2.24, 2.45) is 0 Å². The standard InChI is InChI=1S/C11H12BrNO2/c1-15-10(14)13-11(5-6-11)8-3-2-4-9(12)7-8/h2-4,7H,5-6H2,1H3,(H,13,14). The van der Waals surface area contributed by atoms with Crippen LogP contribution in [0.3, 0.4) is 0 Å². The van der Waals surface area contributed by atoms with Gasteiger partial charge in [0.05, 0.1) is 12.6 Å². The lowest BCUT2D eigenvalue weighted by Crippen LogP contribution is -2.34. The van der Waals surface area contributed by atoms with Crippen molar-refractivity contribution in [2.45, 2.75) is 18.4 Å². The van der Waals surface area contributed by atoms with Crippen molar-refractivity contribution >= 4 is 22.0 Å². The third-order valence-electron chi connectivity index (χ3n) is 2.65. The number of hydrogen-bond acceptors (Lipinski definition) is 2. The van der Waals surface area contributed by atoms with Crippen LogP contribution >= 0.6 is 15.9 Å². The van der Waals surface area contributed by atoms with Gasteiger partial charge in [0, 0.05) is 4.47 Å². The maximum Gasteiger partial charge on any atom is 0.407 e. The van der Waals surface area contributed by atoms with Gasteiger partial charge in [0.1, 0.15) is 0 Å². The first-order valence-electron chi connectivity index (χ1n) is 4.78. The van der Waals surface area contributed by atoms with Gasteiger partial charge < -0.3 is 10.1 Å². The second-order valence-corrected chi connectivity index (χ2v) is 4.62. The number of nitrogens with one attached hydrogen (secondary N) is 1. The fraction of sp³-hybridized carbons (Fsp3) is 0.364. The lowest BCUT2D eigenvalue weighted by molar-refractivity contribution is 0.165. The number of rotatable bonds is 2. The molecule has 2 rings (SSSR count). The number of methoxy groups -OCH3 is 1. The van der Waals surface area contributed by atoms with Crippen LogP contribution in [0.15, 0.2) is 28.7 Å². The Balaban J connectivity index is 2.19. The van der Waals surface area contributed by atoms with Crippen LogP contribution in [0.2, 0.25) is 0 Å². The maximum atomic E-state index is 11.2. The fourth-order valence-electron chi connectivity index (χ4n) is 1.64. The smallest absolute Gasteiger partial charge is 0.407 e. The Morgan fingerprint density at radius 1 is 1.53 bits per heavy atom. The quantitative estimate of drug-likeness (QED) is 0.897. The van der Waals surface area contributed by atoms with Crippen LogP contribution in [0.25, 0.3) is 0 Å². The molecule has 0 heterocycles. The first-order valence-corrected chi connectivity index (χ1v) is 5.58. The molecule has 3 nitrogen and oxygen atoms in total. The van der Waals surface area contributed by atoms with E-state index in [0.29, 0.717) is 0 Å². The van der Waals surface area contributed by atoms with Crippen LogP contribution in [0, 0.1) is 0 Å². The average Bonchev–Trinajstić information content (AvgIpc) is 2.99. The van der Waals surface area contributed by atoms with E-state index in [-0.39, 0.29) is 11.6 Å². The van der Waals surface area contributed by atoms with Gasteiger partial charge in [0.25, 0.3) is 0 Å². The van der Waals surface area contributed by atoms with Gasteiger partial charge in [0.15, 0.2) is 0 Å². The normalized spacial score (nSPS) is 16.9. The topological polar surface area (TPSA) is 38.3 Å². The van der Waals surface area contributed by atoms with Crippen molar-refractivity contribution in [1.29, 1.82) is 0 Å². The largest absolute Gasteiger partial charge is 0.453 e. The molecule has 1 fully saturated rings. The van der Waals surface area contributed by atoms with Gasteiger partial charge in [-0.1, -0.05) is 28.1 Å². The van der Waals surface area contributed by atoms with Gasteiger partial charge in [0.2, 0.25) is 0 Å². The third-order valence-corrected chi connectivity index (χ3v) is 3.15. The number of alkyl carbamates (subject to hydrolysis) is 1. The molecule has 0 aliphatic heterocycles. The molecule has 0 atom stereocenters. The van der Waals surface area contributed by atoms with Gasteiger partial charge in [-0.25, -0.2) is 4.79 Å². The highest BCUT2D eigenvalue weighted by atomic mass is 79.9. The molecular formula is C11H12BrNO2. The minimum atomic E-state index is -0.368. The first-order chi connectivity index (χ1) is 7.16. The number of ether oxygens (including phenoxy) is 1. The van der Waals surface area contributed by atoms with Crippen molar-refractivity contribution in [2.75, 3.05) is 7.11 Å². The lowest BCUT2D eigenvalue weighted by atomic mass is 10.1. The molecular weight excluding hydrogens is 258 g/mol. The van der Waals surface area contributed by atoms with Crippen molar-refractivity contribution in [3.05, 3.63) is 34.3 Å². The van der Waals surface area contributed by atoms with E-state index in [2.05, 4.69) is 26.0 Å². The molecule has 0 aromatic heterocycles. The number of hydrogen-bond donors (Lipinski definition) is 1. The van der Waals surface area contributed by atoms with E-state index < -0.39 is 0 Å². The van der Waals surface area contributed by atoms with Crippen LogP contribution in [0.4, 0.5) is 4.79 Å². The Morgan fingerprint density at radius 3 is 2.80 bits per heavy atom. The van der Waals surface area contributed by atoms with Crippen molar-refractivity contribution < 1.29 is 9.53 Å². The summed E-state index contributed by atoms with van der Waals surface area (Å²) in [5, 5.41) is 2.88. The van der Waals surface area contributed by atoms with E-state index in [1.807, 2.05) is 24.3 Å². The maximum absolute atomic E-state index is 11.2. The van der Waals surface area contributed by atoms with Crippen LogP contribution in [0.1, 0.15) is 18.4 Å². The zero-order valence-electron chi connectivity index (χ0n) is 8.42. The van der Waals surface area contributed by atoms with E-state index in [9.17, 15) is 4.79 Å². The van der Waals surface area contributed by atoms with Gasteiger partial charge in [-0.2, -0.15) is 0 Å². The Kier molecular flexibility index (Phi) is 2.69. The van der Waals surface area contributed by atoms with E-state index in [1.165, 1.54) is 7.11 Å². The second-order valence-electron chi connectivity index (χ2n) is 3.71. The molecule has 0 saturated heterocycles. The number of carbonyl (C=O) groups is 1. The van der Waals surface area contributed by atoms with Crippen molar-refractivity contribution in [1.82, 2.24) is 5.32 Å². The third kappa shape index (κ3) is 2.15. The summed E-state index contributed by atoms with van der Waals surface area (Å²) in [4.78, 5) is 11.2. The monoisotopic (exact) mass is 269 g/mol. The van der Waals surface area contributed by atoms with E-state index >= 15 is 0 Å². The molecule has 0 bridgehead atoms. The summed E-state index contributed by atoms with van der Waals surface area (Å²) in [6.07, 6.45) is 1.57. The molecule has 4 heteroatoms. The summed E-state index contributed by atoms with van der Waals surface area (Å²) in [6, 6.07) is 7.99. The first kappa shape index (κ1) is 10.5. The van der Waals surface area contributed by atoms with Gasteiger partial charge in [-0.05, 0) is 30.5 Å². The highest BCUT2D eigenvalue weighted by Gasteiger charge is 2.46. The number of halogens is 1. The summed E-state index contributed by atoms with van der Waals surface area (Å²) in [6.45, 7) is 0. The Morgan fingerprint density at radius 2 is 2.27 bits per heavy atom. The van der Waals surface area contributed by atoms with Crippen LogP contribution in [-0.4, -0.2) is 13.2 Å². The fourth-order valence-corrected chi connectivity index (χ4v) is 2.04. The molecule has 15 heavy (non-hydrogen) atoms. The Labute approximate surface area is 96.9 Å². The van der Waals surface area contributed by atoms with Crippen molar-refractivity contribution in [3.63, 3.8) is 0 Å². The van der Waals surface area contributed by atoms with Gasteiger partial charge >= 0.3 is 6.09 Å². The molecule has 1 saturated carbocycles. The summed E-state index contributed by atoms with van der Waals surface area (Å²) in [5.74, 6) is 0. The van der Waals surface area contributed by atoms with Crippen molar-refractivity contribution in [3.8, 4) is 0 Å². The van der Waals surface area contributed by atoms with E-state index in [0.717, 1.165) is 22.9 Å². The predicted octanol–water partition coefficient (Wildman–Crippen LogP) is 2.79. The number of benzene rings is 1. The summed E-state index contributed by atoms with van der Waals surface area (Å²) >= 11 is 3.42. The van der Waals surface area contributed by atoms with Crippen LogP contribution in [0.5, 0.6) is 0 Å². The molecule has 1 aromatic carbocycles. The predicted molar refractivity (Wildman–Crippen MR) is 60.6 cm³/mol. The Bertz CT molecular complexity index is 388. The Hall–Kier alpha value is -1.03. The highest BCUT2D eigenvalue weighted by molar-refractivity contribution is 9.10. The minimum absolute atomic E-state index is 0.198. The number of carbonyl (C=O) groups excluding carboxylic acids is 1. The highest BCUT2D eigenvalue weighted by Crippen LogP contribution is 2.45. The summed E-state index contributed by atoms with van der Waals surface area (Å²) < 4.78 is 5.64. The van der Waals surface area contributed by atoms with E-state index in [1.54, 1.807) is 0 Å². The summed E-state index contributed by atoms with van der Waals surface area (Å²) in [5.41, 5.74) is 0.930. The van der Waals surface area contributed by atoms with Gasteiger partial charge in [-0.3, -0.25) is 0 Å². The molecule has 1 aliphatic rings. The molecule has 1 amide bonds. The zero-order chi connectivity index (χ0) is 10.9.